The fourth-order valence-corrected chi connectivity index (χ4v) is 4.33. The molecule has 2 aliphatic carbocycles. The van der Waals surface area contributed by atoms with Crippen molar-refractivity contribution < 1.29 is 0 Å². The van der Waals surface area contributed by atoms with Gasteiger partial charge >= 0.3 is 0 Å². The van der Waals surface area contributed by atoms with Crippen molar-refractivity contribution in [1.82, 2.24) is 0 Å². The molecular formula is C17H33N. The van der Waals surface area contributed by atoms with Crippen molar-refractivity contribution in [2.75, 3.05) is 0 Å². The quantitative estimate of drug-likeness (QED) is 0.650. The fraction of sp³-hybridized carbons (Fsp3) is 1.00. The molecule has 2 unspecified atom stereocenters. The van der Waals surface area contributed by atoms with E-state index >= 15 is 0 Å². The molecule has 106 valence electrons. The molecule has 2 aliphatic rings. The largest absolute Gasteiger partial charge is 0.325 e. The van der Waals surface area contributed by atoms with Crippen molar-refractivity contribution >= 4 is 0 Å². The summed E-state index contributed by atoms with van der Waals surface area (Å²) in [6, 6.07) is 0. The Labute approximate surface area is 114 Å². The maximum atomic E-state index is 6.95. The van der Waals surface area contributed by atoms with Gasteiger partial charge in [-0.15, -0.1) is 0 Å². The average molecular weight is 251 g/mol. The zero-order valence-corrected chi connectivity index (χ0v) is 12.6. The third-order valence-corrected chi connectivity index (χ3v) is 6.06. The zero-order chi connectivity index (χ0) is 13.1. The van der Waals surface area contributed by atoms with Gasteiger partial charge in [-0.3, -0.25) is 0 Å². The molecule has 2 rings (SSSR count). The Bertz CT molecular complexity index is 245. The van der Waals surface area contributed by atoms with Crippen LogP contribution in [-0.4, -0.2) is 5.54 Å². The molecule has 0 radical (unpaired) electrons. The van der Waals surface area contributed by atoms with Gasteiger partial charge in [0, 0.05) is 5.54 Å². The van der Waals surface area contributed by atoms with Crippen molar-refractivity contribution in [3.05, 3.63) is 0 Å². The van der Waals surface area contributed by atoms with Crippen LogP contribution in [0.25, 0.3) is 0 Å². The molecular weight excluding hydrogens is 218 g/mol. The minimum atomic E-state index is 0.134. The third kappa shape index (κ3) is 3.10. The normalized spacial score (nSPS) is 38.5. The standard InChI is InChI=1S/C17H33N/c1-15-9-8-13-17(18,14-10-15)16(2)11-6-4-3-5-7-12-16/h15H,3-14,18H2,1-2H3. The predicted octanol–water partition coefficient (Wildman–Crippen LogP) is 5.03. The first-order valence-electron chi connectivity index (χ1n) is 8.35. The first kappa shape index (κ1) is 14.4. The summed E-state index contributed by atoms with van der Waals surface area (Å²) < 4.78 is 0. The molecule has 0 bridgehead atoms. The van der Waals surface area contributed by atoms with Gasteiger partial charge in [-0.1, -0.05) is 58.8 Å². The predicted molar refractivity (Wildman–Crippen MR) is 79.6 cm³/mol. The highest BCUT2D eigenvalue weighted by Gasteiger charge is 2.44. The first-order chi connectivity index (χ1) is 8.56. The maximum absolute atomic E-state index is 6.95. The molecule has 0 aromatic carbocycles. The van der Waals surface area contributed by atoms with Crippen molar-refractivity contribution in [2.45, 2.75) is 96.4 Å². The summed E-state index contributed by atoms with van der Waals surface area (Å²) >= 11 is 0. The van der Waals surface area contributed by atoms with E-state index in [0.717, 1.165) is 5.92 Å². The molecule has 0 aliphatic heterocycles. The van der Waals surface area contributed by atoms with Crippen LogP contribution in [0.15, 0.2) is 0 Å². The molecule has 2 N–H and O–H groups in total. The van der Waals surface area contributed by atoms with E-state index in [1.54, 1.807) is 0 Å². The first-order valence-corrected chi connectivity index (χ1v) is 8.35. The van der Waals surface area contributed by atoms with Gasteiger partial charge in [0.25, 0.3) is 0 Å². The lowest BCUT2D eigenvalue weighted by molar-refractivity contribution is 0.0846. The van der Waals surface area contributed by atoms with Gasteiger partial charge < -0.3 is 5.73 Å². The Kier molecular flexibility index (Phi) is 4.75. The van der Waals surface area contributed by atoms with Gasteiger partial charge in [-0.05, 0) is 43.4 Å². The van der Waals surface area contributed by atoms with Gasteiger partial charge in [-0.2, -0.15) is 0 Å². The molecule has 0 spiro atoms. The Morgan fingerprint density at radius 3 is 2.06 bits per heavy atom. The summed E-state index contributed by atoms with van der Waals surface area (Å²) in [6.45, 7) is 4.92. The third-order valence-electron chi connectivity index (χ3n) is 6.06. The number of nitrogens with two attached hydrogens (primary N) is 1. The van der Waals surface area contributed by atoms with Crippen LogP contribution >= 0.6 is 0 Å². The van der Waals surface area contributed by atoms with E-state index in [2.05, 4.69) is 13.8 Å². The van der Waals surface area contributed by atoms with E-state index in [9.17, 15) is 0 Å². The number of hydrogen-bond acceptors (Lipinski definition) is 1. The van der Waals surface area contributed by atoms with Crippen molar-refractivity contribution in [3.63, 3.8) is 0 Å². The van der Waals surface area contributed by atoms with Gasteiger partial charge in [0.05, 0.1) is 0 Å². The van der Waals surface area contributed by atoms with Crippen LogP contribution < -0.4 is 5.73 Å². The van der Waals surface area contributed by atoms with Crippen molar-refractivity contribution in [1.29, 1.82) is 0 Å². The Morgan fingerprint density at radius 1 is 0.778 bits per heavy atom. The Hall–Kier alpha value is -0.0400. The smallest absolute Gasteiger partial charge is 0.0208 e. The highest BCUT2D eigenvalue weighted by molar-refractivity contribution is 5.01. The van der Waals surface area contributed by atoms with E-state index in [1.165, 1.54) is 77.0 Å². The Morgan fingerprint density at radius 2 is 1.39 bits per heavy atom. The van der Waals surface area contributed by atoms with Crippen LogP contribution in [0.4, 0.5) is 0 Å². The minimum Gasteiger partial charge on any atom is -0.325 e. The molecule has 0 aromatic rings. The summed E-state index contributed by atoms with van der Waals surface area (Å²) in [5, 5.41) is 0. The van der Waals surface area contributed by atoms with Crippen LogP contribution in [0.3, 0.4) is 0 Å². The summed E-state index contributed by atoms with van der Waals surface area (Å²) in [4.78, 5) is 0. The minimum absolute atomic E-state index is 0.134. The summed E-state index contributed by atoms with van der Waals surface area (Å²) in [6.07, 6.45) is 16.5. The number of rotatable bonds is 1. The average Bonchev–Trinajstić information content (AvgIpc) is 2.48. The molecule has 0 heterocycles. The number of hydrogen-bond donors (Lipinski definition) is 1. The van der Waals surface area contributed by atoms with Crippen LogP contribution in [-0.2, 0) is 0 Å². The van der Waals surface area contributed by atoms with Gasteiger partial charge in [0.1, 0.15) is 0 Å². The summed E-state index contributed by atoms with van der Waals surface area (Å²) in [5.74, 6) is 0.896. The van der Waals surface area contributed by atoms with Crippen LogP contribution in [0.5, 0.6) is 0 Å². The molecule has 1 heteroatoms. The molecule has 2 fully saturated rings. The van der Waals surface area contributed by atoms with Crippen molar-refractivity contribution in [3.8, 4) is 0 Å². The molecule has 0 aromatic heterocycles. The van der Waals surface area contributed by atoms with Gasteiger partial charge in [0.2, 0.25) is 0 Å². The van der Waals surface area contributed by atoms with Gasteiger partial charge in [0.15, 0.2) is 0 Å². The monoisotopic (exact) mass is 251 g/mol. The van der Waals surface area contributed by atoms with Gasteiger partial charge in [-0.25, -0.2) is 0 Å². The highest BCUT2D eigenvalue weighted by Crippen LogP contribution is 2.47. The van der Waals surface area contributed by atoms with E-state index in [4.69, 9.17) is 5.73 Å². The summed E-state index contributed by atoms with van der Waals surface area (Å²) in [7, 11) is 0. The van der Waals surface area contributed by atoms with E-state index in [0.29, 0.717) is 5.41 Å². The van der Waals surface area contributed by atoms with Crippen LogP contribution in [0.1, 0.15) is 90.9 Å². The lowest BCUT2D eigenvalue weighted by Crippen LogP contribution is -2.54. The molecule has 0 saturated heterocycles. The summed E-state index contributed by atoms with van der Waals surface area (Å²) in [5.41, 5.74) is 7.50. The SMILES string of the molecule is CC1CCCC(N)(C2(C)CCCCCCC2)CC1. The second-order valence-electron chi connectivity index (χ2n) is 7.52. The molecule has 18 heavy (non-hydrogen) atoms. The lowest BCUT2D eigenvalue weighted by Gasteiger charge is -2.48. The topological polar surface area (TPSA) is 26.0 Å². The zero-order valence-electron chi connectivity index (χ0n) is 12.6. The molecule has 1 nitrogen and oxygen atoms in total. The van der Waals surface area contributed by atoms with Crippen LogP contribution in [0, 0.1) is 11.3 Å². The van der Waals surface area contributed by atoms with Crippen molar-refractivity contribution in [2.24, 2.45) is 17.1 Å². The molecule has 2 saturated carbocycles. The lowest BCUT2D eigenvalue weighted by atomic mass is 9.61. The van der Waals surface area contributed by atoms with E-state index in [-0.39, 0.29) is 5.54 Å². The van der Waals surface area contributed by atoms with E-state index < -0.39 is 0 Å². The fourth-order valence-electron chi connectivity index (χ4n) is 4.33. The highest BCUT2D eigenvalue weighted by atomic mass is 14.8. The second kappa shape index (κ2) is 5.94. The maximum Gasteiger partial charge on any atom is 0.0208 e. The van der Waals surface area contributed by atoms with Crippen LogP contribution in [0.2, 0.25) is 0 Å². The van der Waals surface area contributed by atoms with E-state index in [1.807, 2.05) is 0 Å². The molecule has 2 atom stereocenters. The second-order valence-corrected chi connectivity index (χ2v) is 7.52. The Balaban J connectivity index is 2.09. The molecule has 0 amide bonds.